The van der Waals surface area contributed by atoms with Gasteiger partial charge in [-0.15, -0.1) is 0 Å². The Morgan fingerprint density at radius 1 is 1.03 bits per heavy atom. The summed E-state index contributed by atoms with van der Waals surface area (Å²) >= 11 is 1.12. The number of nitrogens with one attached hydrogen (secondary N) is 3. The van der Waals surface area contributed by atoms with Crippen LogP contribution in [0, 0.1) is 10.1 Å². The number of aromatic nitrogens is 6. The maximum absolute atomic E-state index is 11.3. The number of aryl methyl sites for hydroxylation is 1. The molecule has 0 amide bonds. The smallest absolute Gasteiger partial charge is 0.390 e. The first kappa shape index (κ1) is 25.4. The predicted molar refractivity (Wildman–Crippen MR) is 130 cm³/mol. The van der Waals surface area contributed by atoms with Gasteiger partial charge in [0, 0.05) is 66.0 Å². The van der Waals surface area contributed by atoms with Crippen molar-refractivity contribution in [3.8, 4) is 0 Å². The molecule has 0 saturated carbocycles. The van der Waals surface area contributed by atoms with E-state index in [4.69, 9.17) is 0 Å². The van der Waals surface area contributed by atoms with Crippen LogP contribution in [0.25, 0.3) is 11.2 Å². The van der Waals surface area contributed by atoms with Crippen molar-refractivity contribution in [2.45, 2.75) is 22.7 Å². The molecule has 4 heterocycles. The highest BCUT2D eigenvalue weighted by molar-refractivity contribution is 7.99. The summed E-state index contributed by atoms with van der Waals surface area (Å²) < 4.78 is 3.37. The number of aliphatic hydroxyl groups excluding tert-OH is 1. The maximum Gasteiger partial charge on any atom is 0.396 e. The van der Waals surface area contributed by atoms with Crippen LogP contribution in [0.2, 0.25) is 0 Å². The molecule has 35 heavy (non-hydrogen) atoms. The Morgan fingerprint density at radius 2 is 1.71 bits per heavy atom. The average Bonchev–Trinajstić information content (AvgIpc) is 3.40. The van der Waals surface area contributed by atoms with Crippen molar-refractivity contribution in [2.24, 2.45) is 7.05 Å². The molecule has 14 nitrogen and oxygen atoms in total. The standard InChI is InChI=1S/C20H31N11O3S/c1-28-13-27-18(31(33)34)20(28)35-19-16-17(24-12-25-19)30(14-26-16)11-15(32)10-29-8-6-22-4-2-21-3-5-23-7-9-29/h12-15,21-23,32H,2-11H2,1H3. The van der Waals surface area contributed by atoms with Crippen LogP contribution in [0.1, 0.15) is 0 Å². The van der Waals surface area contributed by atoms with E-state index >= 15 is 0 Å². The van der Waals surface area contributed by atoms with Crippen LogP contribution in [0.4, 0.5) is 5.82 Å². The third-order valence-electron chi connectivity index (χ3n) is 5.64. The van der Waals surface area contributed by atoms with E-state index in [0.29, 0.717) is 34.3 Å². The molecule has 15 heteroatoms. The maximum atomic E-state index is 11.3. The van der Waals surface area contributed by atoms with Crippen molar-refractivity contribution in [3.05, 3.63) is 29.1 Å². The van der Waals surface area contributed by atoms with E-state index in [9.17, 15) is 15.2 Å². The highest BCUT2D eigenvalue weighted by Crippen LogP contribution is 2.35. The number of hydrogen-bond donors (Lipinski definition) is 4. The summed E-state index contributed by atoms with van der Waals surface area (Å²) in [5, 5.41) is 33.2. The lowest BCUT2D eigenvalue weighted by atomic mass is 10.3. The molecule has 0 aromatic carbocycles. The van der Waals surface area contributed by atoms with E-state index in [-0.39, 0.29) is 5.82 Å². The monoisotopic (exact) mass is 505 g/mol. The largest absolute Gasteiger partial charge is 0.396 e. The minimum Gasteiger partial charge on any atom is -0.390 e. The fraction of sp³-hybridized carbons (Fsp3) is 0.600. The SMILES string of the molecule is Cn1cnc([N+](=O)[O-])c1Sc1ncnc2c1ncn2CC(O)CN1CCNCCNCCNCC1. The summed E-state index contributed by atoms with van der Waals surface area (Å²) in [7, 11) is 1.69. The molecular formula is C20H31N11O3S. The second kappa shape index (κ2) is 12.3. The Bertz CT molecular complexity index is 1110. The van der Waals surface area contributed by atoms with Gasteiger partial charge in [-0.3, -0.25) is 4.90 Å². The molecule has 1 aliphatic rings. The van der Waals surface area contributed by atoms with E-state index in [0.717, 1.165) is 64.1 Å². The van der Waals surface area contributed by atoms with Gasteiger partial charge in [-0.1, -0.05) is 0 Å². The van der Waals surface area contributed by atoms with Gasteiger partial charge in [-0.05, 0) is 21.7 Å². The second-order valence-electron chi connectivity index (χ2n) is 8.30. The lowest BCUT2D eigenvalue weighted by Crippen LogP contribution is -2.44. The summed E-state index contributed by atoms with van der Waals surface area (Å²) in [5.41, 5.74) is 1.09. The highest BCUT2D eigenvalue weighted by atomic mass is 32.2. The number of β-amino-alcohol motifs (C(OH)–C–C–N with tert-alkyl or cyclic N) is 1. The summed E-state index contributed by atoms with van der Waals surface area (Å²) in [5.74, 6) is -0.231. The fourth-order valence-corrected chi connectivity index (χ4v) is 4.82. The van der Waals surface area contributed by atoms with E-state index in [1.54, 1.807) is 22.5 Å². The van der Waals surface area contributed by atoms with Crippen LogP contribution < -0.4 is 16.0 Å². The molecule has 1 saturated heterocycles. The predicted octanol–water partition coefficient (Wildman–Crippen LogP) is -0.935. The van der Waals surface area contributed by atoms with Crippen molar-refractivity contribution < 1.29 is 10.0 Å². The molecule has 0 aliphatic carbocycles. The Balaban J connectivity index is 1.43. The first-order valence-corrected chi connectivity index (χ1v) is 12.4. The van der Waals surface area contributed by atoms with Crippen molar-refractivity contribution >= 4 is 28.7 Å². The molecule has 0 radical (unpaired) electrons. The molecule has 4 rings (SSSR count). The van der Waals surface area contributed by atoms with Gasteiger partial charge in [0.1, 0.15) is 16.9 Å². The van der Waals surface area contributed by atoms with Crippen LogP contribution >= 0.6 is 11.8 Å². The zero-order chi connectivity index (χ0) is 24.6. The summed E-state index contributed by atoms with van der Waals surface area (Å²) in [6.45, 7) is 7.96. The molecule has 1 fully saturated rings. The molecule has 3 aromatic heterocycles. The van der Waals surface area contributed by atoms with Crippen LogP contribution in [0.15, 0.2) is 29.0 Å². The van der Waals surface area contributed by atoms with E-state index in [2.05, 4.69) is 40.8 Å². The lowest BCUT2D eigenvalue weighted by molar-refractivity contribution is -0.392. The van der Waals surface area contributed by atoms with Crippen molar-refractivity contribution in [3.63, 3.8) is 0 Å². The van der Waals surface area contributed by atoms with Gasteiger partial charge in [-0.25, -0.2) is 15.0 Å². The first-order chi connectivity index (χ1) is 17.0. The van der Waals surface area contributed by atoms with Gasteiger partial charge in [0.25, 0.3) is 0 Å². The Labute approximate surface area is 206 Å². The number of nitro groups is 1. The van der Waals surface area contributed by atoms with Crippen LogP contribution in [0.5, 0.6) is 0 Å². The van der Waals surface area contributed by atoms with Crippen molar-refractivity contribution in [1.82, 2.24) is 49.9 Å². The lowest BCUT2D eigenvalue weighted by Gasteiger charge is -2.26. The van der Waals surface area contributed by atoms with Crippen LogP contribution in [-0.4, -0.2) is 109 Å². The van der Waals surface area contributed by atoms with Gasteiger partial charge < -0.3 is 40.3 Å². The van der Waals surface area contributed by atoms with Crippen molar-refractivity contribution in [2.75, 3.05) is 58.9 Å². The Kier molecular flexibility index (Phi) is 8.95. The summed E-state index contributed by atoms with van der Waals surface area (Å²) in [6, 6.07) is 0. The normalized spacial score (nSPS) is 17.7. The highest BCUT2D eigenvalue weighted by Gasteiger charge is 2.24. The fourth-order valence-electron chi connectivity index (χ4n) is 3.89. The van der Waals surface area contributed by atoms with Crippen LogP contribution in [-0.2, 0) is 13.6 Å². The zero-order valence-electron chi connectivity index (χ0n) is 19.6. The molecule has 1 atom stereocenters. The molecule has 1 aliphatic heterocycles. The number of rotatable bonds is 7. The Morgan fingerprint density at radius 3 is 2.40 bits per heavy atom. The van der Waals surface area contributed by atoms with Gasteiger partial charge in [-0.2, -0.15) is 0 Å². The minimum absolute atomic E-state index is 0.231. The number of aliphatic hydroxyl groups is 1. The number of nitrogens with zero attached hydrogens (tertiary/aromatic N) is 8. The minimum atomic E-state index is -0.619. The average molecular weight is 506 g/mol. The quantitative estimate of drug-likeness (QED) is 0.177. The third-order valence-corrected chi connectivity index (χ3v) is 6.80. The van der Waals surface area contributed by atoms with Crippen molar-refractivity contribution in [1.29, 1.82) is 0 Å². The number of imidazole rings is 2. The molecular weight excluding hydrogens is 474 g/mol. The van der Waals surface area contributed by atoms with E-state index in [1.165, 1.54) is 12.7 Å². The second-order valence-corrected chi connectivity index (χ2v) is 9.27. The first-order valence-electron chi connectivity index (χ1n) is 11.5. The topological polar surface area (TPSA) is 164 Å². The van der Waals surface area contributed by atoms with Gasteiger partial charge in [0.05, 0.1) is 19.0 Å². The van der Waals surface area contributed by atoms with Crippen LogP contribution in [0.3, 0.4) is 0 Å². The molecule has 3 aromatic rings. The number of fused-ring (bicyclic) bond motifs is 1. The van der Waals surface area contributed by atoms with Gasteiger partial charge >= 0.3 is 5.82 Å². The molecule has 190 valence electrons. The van der Waals surface area contributed by atoms with Gasteiger partial charge in [0.2, 0.25) is 6.33 Å². The molecule has 0 bridgehead atoms. The van der Waals surface area contributed by atoms with E-state index in [1.807, 2.05) is 0 Å². The van der Waals surface area contributed by atoms with Gasteiger partial charge in [0.15, 0.2) is 10.7 Å². The molecule has 1 unspecified atom stereocenters. The molecule has 0 spiro atoms. The third kappa shape index (κ3) is 6.71. The van der Waals surface area contributed by atoms with E-state index < -0.39 is 11.0 Å². The summed E-state index contributed by atoms with van der Waals surface area (Å²) in [6.07, 6.45) is 3.80. The summed E-state index contributed by atoms with van der Waals surface area (Å²) in [4.78, 5) is 30.0. The number of hydrogen-bond acceptors (Lipinski definition) is 12. The zero-order valence-corrected chi connectivity index (χ0v) is 20.4. The molecule has 4 N–H and O–H groups in total. The Hall–Kier alpha value is -2.69.